The maximum Gasteiger partial charge on any atom is 0.272 e. The number of aryl methyl sites for hydroxylation is 1. The monoisotopic (exact) mass is 396 g/mol. The molecule has 2 aromatic heterocycles. The molecule has 0 fully saturated rings. The molecule has 0 saturated heterocycles. The maximum absolute atomic E-state index is 12.0. The van der Waals surface area contributed by atoms with E-state index in [4.69, 9.17) is 0 Å². The number of hydrogen-bond acceptors (Lipinski definition) is 3. The predicted octanol–water partition coefficient (Wildman–Crippen LogP) is 4.02. The summed E-state index contributed by atoms with van der Waals surface area (Å²) in [6.07, 6.45) is 4.78. The number of hydrogen-bond donors (Lipinski definition) is 1. The van der Waals surface area contributed by atoms with E-state index in [0.717, 1.165) is 27.1 Å². The molecule has 0 aliphatic heterocycles. The molecule has 25 heavy (non-hydrogen) atoms. The average Bonchev–Trinajstić information content (AvgIpc) is 2.90. The van der Waals surface area contributed by atoms with Crippen molar-refractivity contribution in [1.29, 1.82) is 0 Å². The molecule has 0 spiro atoms. The lowest BCUT2D eigenvalue weighted by atomic mass is 10.2. The highest BCUT2D eigenvalue weighted by molar-refractivity contribution is 9.10. The van der Waals surface area contributed by atoms with Crippen LogP contribution in [0.2, 0.25) is 0 Å². The lowest BCUT2D eigenvalue weighted by molar-refractivity contribution is 0.0955. The number of benzene rings is 1. The zero-order valence-corrected chi connectivity index (χ0v) is 15.5. The highest BCUT2D eigenvalue weighted by Gasteiger charge is 2.11. The highest BCUT2D eigenvalue weighted by atomic mass is 79.9. The second kappa shape index (κ2) is 7.44. The first-order chi connectivity index (χ1) is 12.1. The van der Waals surface area contributed by atoms with E-state index in [1.54, 1.807) is 24.5 Å². The normalized spacial score (nSPS) is 11.0. The highest BCUT2D eigenvalue weighted by Crippen LogP contribution is 2.25. The molecule has 0 saturated carbocycles. The van der Waals surface area contributed by atoms with Gasteiger partial charge in [0.25, 0.3) is 5.91 Å². The summed E-state index contributed by atoms with van der Waals surface area (Å²) >= 11 is 3.59. The summed E-state index contributed by atoms with van der Waals surface area (Å²) in [4.78, 5) is 15.9. The molecule has 0 aliphatic rings. The number of amides is 1. The van der Waals surface area contributed by atoms with E-state index in [9.17, 15) is 4.79 Å². The number of hydrazone groups is 1. The van der Waals surface area contributed by atoms with Gasteiger partial charge in [0.05, 0.1) is 17.5 Å². The van der Waals surface area contributed by atoms with Crippen molar-refractivity contribution < 1.29 is 4.79 Å². The van der Waals surface area contributed by atoms with Gasteiger partial charge in [-0.05, 0) is 60.1 Å². The van der Waals surface area contributed by atoms with Crippen molar-refractivity contribution >= 4 is 28.1 Å². The van der Waals surface area contributed by atoms with Crippen LogP contribution in [0.4, 0.5) is 0 Å². The topological polar surface area (TPSA) is 59.3 Å². The van der Waals surface area contributed by atoms with Crippen molar-refractivity contribution in [3.8, 4) is 5.69 Å². The van der Waals surface area contributed by atoms with E-state index < -0.39 is 0 Å². The molecule has 0 radical (unpaired) electrons. The van der Waals surface area contributed by atoms with Gasteiger partial charge >= 0.3 is 0 Å². The summed E-state index contributed by atoms with van der Waals surface area (Å²) in [7, 11) is 0. The molecule has 0 unspecified atom stereocenters. The molecule has 0 aliphatic carbocycles. The molecular formula is C19H17BrN4O. The van der Waals surface area contributed by atoms with Crippen LogP contribution in [0.15, 0.2) is 64.4 Å². The van der Waals surface area contributed by atoms with Gasteiger partial charge in [-0.2, -0.15) is 5.10 Å². The molecule has 5 nitrogen and oxygen atoms in total. The van der Waals surface area contributed by atoms with Crippen LogP contribution in [0.3, 0.4) is 0 Å². The van der Waals surface area contributed by atoms with E-state index in [0.29, 0.717) is 5.56 Å². The Morgan fingerprint density at radius 1 is 1.24 bits per heavy atom. The van der Waals surface area contributed by atoms with Crippen LogP contribution < -0.4 is 5.43 Å². The molecule has 2 heterocycles. The van der Waals surface area contributed by atoms with E-state index in [-0.39, 0.29) is 5.91 Å². The van der Waals surface area contributed by atoms with Crippen molar-refractivity contribution in [2.75, 3.05) is 0 Å². The molecule has 0 atom stereocenters. The molecule has 3 rings (SSSR count). The minimum atomic E-state index is -0.288. The van der Waals surface area contributed by atoms with Gasteiger partial charge in [0.2, 0.25) is 0 Å². The average molecular weight is 397 g/mol. The van der Waals surface area contributed by atoms with Crippen LogP contribution in [-0.4, -0.2) is 21.7 Å². The Balaban J connectivity index is 1.82. The first kappa shape index (κ1) is 17.1. The Kier molecular flexibility index (Phi) is 5.09. The van der Waals surface area contributed by atoms with Crippen LogP contribution in [0, 0.1) is 13.8 Å². The van der Waals surface area contributed by atoms with E-state index >= 15 is 0 Å². The van der Waals surface area contributed by atoms with Gasteiger partial charge in [0.15, 0.2) is 0 Å². The summed E-state index contributed by atoms with van der Waals surface area (Å²) in [5.74, 6) is -0.288. The van der Waals surface area contributed by atoms with Gasteiger partial charge < -0.3 is 4.57 Å². The summed E-state index contributed by atoms with van der Waals surface area (Å²) in [5, 5.41) is 4.07. The fraction of sp³-hybridized carbons (Fsp3) is 0.105. The van der Waals surface area contributed by atoms with E-state index in [1.807, 2.05) is 38.1 Å². The number of nitrogens with one attached hydrogen (secondary N) is 1. The van der Waals surface area contributed by atoms with Crippen molar-refractivity contribution in [2.45, 2.75) is 13.8 Å². The third-order valence-corrected chi connectivity index (χ3v) is 4.53. The van der Waals surface area contributed by atoms with Crippen molar-refractivity contribution in [2.24, 2.45) is 5.10 Å². The fourth-order valence-corrected chi connectivity index (χ4v) is 3.11. The number of aromatic nitrogens is 2. The fourth-order valence-electron chi connectivity index (χ4n) is 2.64. The predicted molar refractivity (Wildman–Crippen MR) is 102 cm³/mol. The Morgan fingerprint density at radius 3 is 2.76 bits per heavy atom. The summed E-state index contributed by atoms with van der Waals surface area (Å²) < 4.78 is 3.17. The third kappa shape index (κ3) is 3.69. The molecule has 1 amide bonds. The third-order valence-electron chi connectivity index (χ3n) is 3.86. The van der Waals surface area contributed by atoms with Crippen LogP contribution in [0.5, 0.6) is 0 Å². The number of pyridine rings is 1. The molecule has 1 aromatic carbocycles. The minimum absolute atomic E-state index is 0.288. The SMILES string of the molecule is Cc1cc(/C=N\NC(=O)c2cccnc2)c(C)n1-c1ccccc1Br. The Bertz CT molecular complexity index is 932. The number of carbonyl (C=O) groups is 1. The van der Waals surface area contributed by atoms with Crippen molar-refractivity contribution in [3.05, 3.63) is 81.8 Å². The Morgan fingerprint density at radius 2 is 2.04 bits per heavy atom. The van der Waals surface area contributed by atoms with Crippen molar-refractivity contribution in [1.82, 2.24) is 15.0 Å². The van der Waals surface area contributed by atoms with E-state index in [2.05, 4.69) is 42.1 Å². The second-order valence-corrected chi connectivity index (χ2v) is 6.41. The zero-order valence-electron chi connectivity index (χ0n) is 13.9. The number of para-hydroxylation sites is 1. The second-order valence-electron chi connectivity index (χ2n) is 5.55. The van der Waals surface area contributed by atoms with Gasteiger partial charge in [-0.25, -0.2) is 5.43 Å². The Labute approximate surface area is 154 Å². The van der Waals surface area contributed by atoms with Gasteiger partial charge in [0.1, 0.15) is 0 Å². The Hall–Kier alpha value is -2.73. The number of nitrogens with zero attached hydrogens (tertiary/aromatic N) is 3. The van der Waals surface area contributed by atoms with E-state index in [1.165, 1.54) is 6.20 Å². The molecule has 3 aromatic rings. The maximum atomic E-state index is 12.0. The quantitative estimate of drug-likeness (QED) is 0.534. The van der Waals surface area contributed by atoms with Gasteiger partial charge in [0, 0.05) is 33.8 Å². The minimum Gasteiger partial charge on any atom is -0.317 e. The molecule has 0 bridgehead atoms. The van der Waals surface area contributed by atoms with Crippen molar-refractivity contribution in [3.63, 3.8) is 0 Å². The molecule has 1 N–H and O–H groups in total. The molecule has 6 heteroatoms. The van der Waals surface area contributed by atoms with Crippen LogP contribution >= 0.6 is 15.9 Å². The zero-order chi connectivity index (χ0) is 17.8. The largest absolute Gasteiger partial charge is 0.317 e. The van der Waals surface area contributed by atoms with Gasteiger partial charge in [-0.3, -0.25) is 9.78 Å². The van der Waals surface area contributed by atoms with Crippen LogP contribution in [-0.2, 0) is 0 Å². The first-order valence-electron chi connectivity index (χ1n) is 7.75. The smallest absolute Gasteiger partial charge is 0.272 e. The first-order valence-corrected chi connectivity index (χ1v) is 8.54. The molecule has 126 valence electrons. The summed E-state index contributed by atoms with van der Waals surface area (Å²) in [6.45, 7) is 4.06. The van der Waals surface area contributed by atoms with Crippen LogP contribution in [0.1, 0.15) is 27.3 Å². The number of rotatable bonds is 4. The standard InChI is InChI=1S/C19H17BrN4O/c1-13-10-16(12-22-23-19(25)15-6-5-9-21-11-15)14(2)24(13)18-8-4-3-7-17(18)20/h3-12H,1-2H3,(H,23,25)/b22-12-. The van der Waals surface area contributed by atoms with Gasteiger partial charge in [-0.1, -0.05) is 12.1 Å². The van der Waals surface area contributed by atoms with Crippen LogP contribution in [0.25, 0.3) is 5.69 Å². The lowest BCUT2D eigenvalue weighted by Gasteiger charge is -2.11. The number of halogens is 1. The molecular weight excluding hydrogens is 380 g/mol. The van der Waals surface area contributed by atoms with Gasteiger partial charge in [-0.15, -0.1) is 0 Å². The number of carbonyl (C=O) groups excluding carboxylic acids is 1. The summed E-state index contributed by atoms with van der Waals surface area (Å²) in [5.41, 5.74) is 7.14. The lowest BCUT2D eigenvalue weighted by Crippen LogP contribution is -2.17. The summed E-state index contributed by atoms with van der Waals surface area (Å²) in [6, 6.07) is 13.5.